The normalized spacial score (nSPS) is 31.4. The topological polar surface area (TPSA) is 44.8 Å². The van der Waals surface area contributed by atoms with Crippen molar-refractivity contribution in [2.75, 3.05) is 13.2 Å². The summed E-state index contributed by atoms with van der Waals surface area (Å²) < 4.78 is 15.7. The van der Waals surface area contributed by atoms with Crippen LogP contribution in [-0.4, -0.2) is 31.1 Å². The molecule has 1 heterocycles. The molecule has 4 nitrogen and oxygen atoms in total. The van der Waals surface area contributed by atoms with Crippen molar-refractivity contribution in [3.63, 3.8) is 0 Å². The molecule has 1 aliphatic rings. The van der Waals surface area contributed by atoms with Crippen LogP contribution in [0.1, 0.15) is 20.3 Å². The molecule has 1 rings (SSSR count). The molecule has 0 N–H and O–H groups in total. The molecule has 1 aliphatic heterocycles. The summed E-state index contributed by atoms with van der Waals surface area (Å²) in [6.07, 6.45) is 1.55. The molecule has 80 valence electrons. The lowest BCUT2D eigenvalue weighted by Gasteiger charge is -2.19. The molecule has 1 fully saturated rings. The van der Waals surface area contributed by atoms with Crippen LogP contribution in [-0.2, 0) is 19.0 Å². The van der Waals surface area contributed by atoms with Crippen LogP contribution in [0.4, 0.5) is 0 Å². The minimum atomic E-state index is -0.456. The van der Waals surface area contributed by atoms with E-state index in [2.05, 4.69) is 6.58 Å². The van der Waals surface area contributed by atoms with Crippen LogP contribution < -0.4 is 0 Å². The van der Waals surface area contributed by atoms with Gasteiger partial charge in [-0.15, -0.1) is 0 Å². The SMILES string of the molecule is C=CC(=O)OCC1OCC(C)(CC)O1. The molecular weight excluding hydrogens is 184 g/mol. The van der Waals surface area contributed by atoms with Gasteiger partial charge in [-0.25, -0.2) is 4.79 Å². The van der Waals surface area contributed by atoms with Gasteiger partial charge in [0.05, 0.1) is 12.2 Å². The van der Waals surface area contributed by atoms with Gasteiger partial charge in [0, 0.05) is 6.08 Å². The zero-order chi connectivity index (χ0) is 10.6. The second kappa shape index (κ2) is 4.57. The average Bonchev–Trinajstić information content (AvgIpc) is 2.58. The Hall–Kier alpha value is -0.870. The van der Waals surface area contributed by atoms with Gasteiger partial charge in [0.2, 0.25) is 0 Å². The third kappa shape index (κ3) is 2.82. The van der Waals surface area contributed by atoms with Crippen molar-refractivity contribution >= 4 is 5.97 Å². The van der Waals surface area contributed by atoms with Crippen LogP contribution >= 0.6 is 0 Å². The van der Waals surface area contributed by atoms with Gasteiger partial charge in [0.15, 0.2) is 6.29 Å². The number of carbonyl (C=O) groups excluding carboxylic acids is 1. The quantitative estimate of drug-likeness (QED) is 0.506. The molecule has 4 heteroatoms. The van der Waals surface area contributed by atoms with Gasteiger partial charge in [-0.3, -0.25) is 0 Å². The zero-order valence-electron chi connectivity index (χ0n) is 8.62. The van der Waals surface area contributed by atoms with Crippen molar-refractivity contribution in [3.8, 4) is 0 Å². The highest BCUT2D eigenvalue weighted by atomic mass is 16.7. The summed E-state index contributed by atoms with van der Waals surface area (Å²) >= 11 is 0. The Balaban J connectivity index is 2.29. The Morgan fingerprint density at radius 3 is 3.00 bits per heavy atom. The van der Waals surface area contributed by atoms with Gasteiger partial charge in [-0.2, -0.15) is 0 Å². The highest BCUT2D eigenvalue weighted by molar-refractivity contribution is 5.81. The molecule has 1 saturated heterocycles. The van der Waals surface area contributed by atoms with Gasteiger partial charge in [0.1, 0.15) is 6.61 Å². The molecule has 0 bridgehead atoms. The Morgan fingerprint density at radius 2 is 2.50 bits per heavy atom. The lowest BCUT2D eigenvalue weighted by Crippen LogP contribution is -2.28. The standard InChI is InChI=1S/C10H16O4/c1-4-8(11)12-6-9-13-7-10(3,5-2)14-9/h4,9H,1,5-7H2,2-3H3. The average molecular weight is 200 g/mol. The van der Waals surface area contributed by atoms with Crippen LogP contribution in [0.3, 0.4) is 0 Å². The lowest BCUT2D eigenvalue weighted by molar-refractivity contribution is -0.156. The largest absolute Gasteiger partial charge is 0.457 e. The van der Waals surface area contributed by atoms with Crippen LogP contribution in [0.5, 0.6) is 0 Å². The van der Waals surface area contributed by atoms with Gasteiger partial charge in [-0.1, -0.05) is 13.5 Å². The van der Waals surface area contributed by atoms with E-state index in [4.69, 9.17) is 14.2 Å². The van der Waals surface area contributed by atoms with Gasteiger partial charge in [-0.05, 0) is 13.3 Å². The number of esters is 1. The maximum absolute atomic E-state index is 10.7. The van der Waals surface area contributed by atoms with Crippen LogP contribution in [0, 0.1) is 0 Å². The molecule has 0 amide bonds. The summed E-state index contributed by atoms with van der Waals surface area (Å²) in [5.41, 5.74) is -0.245. The van der Waals surface area contributed by atoms with E-state index in [1.807, 2.05) is 13.8 Å². The Morgan fingerprint density at radius 1 is 1.79 bits per heavy atom. The summed E-state index contributed by atoms with van der Waals surface area (Å²) in [7, 11) is 0. The number of hydrogen-bond acceptors (Lipinski definition) is 4. The Kier molecular flexibility index (Phi) is 3.66. The predicted molar refractivity (Wildman–Crippen MR) is 50.7 cm³/mol. The fourth-order valence-corrected chi connectivity index (χ4v) is 1.13. The van der Waals surface area contributed by atoms with Crippen molar-refractivity contribution in [3.05, 3.63) is 12.7 Å². The van der Waals surface area contributed by atoms with Crippen LogP contribution in [0.25, 0.3) is 0 Å². The van der Waals surface area contributed by atoms with Crippen molar-refractivity contribution in [1.29, 1.82) is 0 Å². The maximum atomic E-state index is 10.7. The Bertz CT molecular complexity index is 226. The van der Waals surface area contributed by atoms with Gasteiger partial charge < -0.3 is 14.2 Å². The van der Waals surface area contributed by atoms with Crippen LogP contribution in [0.15, 0.2) is 12.7 Å². The summed E-state index contributed by atoms with van der Waals surface area (Å²) in [6, 6.07) is 0. The maximum Gasteiger partial charge on any atom is 0.330 e. The first kappa shape index (κ1) is 11.2. The van der Waals surface area contributed by atoms with Crippen molar-refractivity contribution < 1.29 is 19.0 Å². The molecule has 0 aromatic rings. The van der Waals surface area contributed by atoms with Crippen molar-refractivity contribution in [2.45, 2.75) is 32.2 Å². The molecule has 0 aromatic heterocycles. The van der Waals surface area contributed by atoms with E-state index in [0.717, 1.165) is 12.5 Å². The zero-order valence-corrected chi connectivity index (χ0v) is 8.62. The lowest BCUT2D eigenvalue weighted by atomic mass is 10.1. The number of carbonyl (C=O) groups is 1. The number of rotatable bonds is 4. The smallest absolute Gasteiger partial charge is 0.330 e. The molecule has 0 aliphatic carbocycles. The predicted octanol–water partition coefficient (Wildman–Crippen LogP) is 1.26. The van der Waals surface area contributed by atoms with E-state index in [9.17, 15) is 4.79 Å². The van der Waals surface area contributed by atoms with E-state index in [1.54, 1.807) is 0 Å². The minimum Gasteiger partial charge on any atom is -0.457 e. The highest BCUT2D eigenvalue weighted by Gasteiger charge is 2.35. The van der Waals surface area contributed by atoms with E-state index in [1.165, 1.54) is 0 Å². The third-order valence-electron chi connectivity index (χ3n) is 2.27. The number of ether oxygens (including phenoxy) is 3. The van der Waals surface area contributed by atoms with E-state index < -0.39 is 12.3 Å². The van der Waals surface area contributed by atoms with E-state index in [-0.39, 0.29) is 12.2 Å². The molecule has 2 unspecified atom stereocenters. The first-order chi connectivity index (χ1) is 6.59. The Labute approximate surface area is 83.8 Å². The van der Waals surface area contributed by atoms with Gasteiger partial charge >= 0.3 is 5.97 Å². The second-order valence-electron chi connectivity index (χ2n) is 3.50. The second-order valence-corrected chi connectivity index (χ2v) is 3.50. The first-order valence-corrected chi connectivity index (χ1v) is 4.68. The molecule has 2 atom stereocenters. The number of hydrogen-bond donors (Lipinski definition) is 0. The summed E-state index contributed by atoms with van der Waals surface area (Å²) in [4.78, 5) is 10.7. The van der Waals surface area contributed by atoms with E-state index in [0.29, 0.717) is 6.61 Å². The van der Waals surface area contributed by atoms with Crippen molar-refractivity contribution in [2.24, 2.45) is 0 Å². The monoisotopic (exact) mass is 200 g/mol. The summed E-state index contributed by atoms with van der Waals surface area (Å²) in [6.45, 7) is 7.97. The first-order valence-electron chi connectivity index (χ1n) is 4.68. The fourth-order valence-electron chi connectivity index (χ4n) is 1.13. The minimum absolute atomic E-state index is 0.125. The van der Waals surface area contributed by atoms with Crippen molar-refractivity contribution in [1.82, 2.24) is 0 Å². The van der Waals surface area contributed by atoms with Crippen LogP contribution in [0.2, 0.25) is 0 Å². The van der Waals surface area contributed by atoms with E-state index >= 15 is 0 Å². The summed E-state index contributed by atoms with van der Waals surface area (Å²) in [5.74, 6) is -0.456. The molecule has 0 aromatic carbocycles. The molecule has 0 radical (unpaired) electrons. The molecule has 14 heavy (non-hydrogen) atoms. The molecular formula is C10H16O4. The third-order valence-corrected chi connectivity index (χ3v) is 2.27. The molecule has 0 saturated carbocycles. The molecule has 0 spiro atoms. The summed E-state index contributed by atoms with van der Waals surface area (Å²) in [5, 5.41) is 0. The highest BCUT2D eigenvalue weighted by Crippen LogP contribution is 2.25. The van der Waals surface area contributed by atoms with Gasteiger partial charge in [0.25, 0.3) is 0 Å². The fraction of sp³-hybridized carbons (Fsp3) is 0.700.